The second-order valence-corrected chi connectivity index (χ2v) is 4.73. The lowest BCUT2D eigenvalue weighted by molar-refractivity contribution is 0.187. The van der Waals surface area contributed by atoms with Gasteiger partial charge in [0.25, 0.3) is 0 Å². The maximum atomic E-state index is 9.36. The summed E-state index contributed by atoms with van der Waals surface area (Å²) in [5, 5.41) is 10.4. The van der Waals surface area contributed by atoms with Crippen LogP contribution in [0.1, 0.15) is 12.7 Å². The fourth-order valence-electron chi connectivity index (χ4n) is 2.16. The highest BCUT2D eigenvalue weighted by atomic mass is 16.3. The van der Waals surface area contributed by atoms with Crippen LogP contribution in [-0.2, 0) is 6.42 Å². The molecule has 96 valence electrons. The summed E-state index contributed by atoms with van der Waals surface area (Å²) in [6.45, 7) is 1.75. The van der Waals surface area contributed by atoms with Gasteiger partial charge < -0.3 is 9.52 Å². The average molecular weight is 253 g/mol. The Morgan fingerprint density at radius 1 is 1.21 bits per heavy atom. The molecule has 2 heterocycles. The van der Waals surface area contributed by atoms with Crippen molar-refractivity contribution in [2.24, 2.45) is 0 Å². The predicted molar refractivity (Wildman–Crippen MR) is 74.8 cm³/mol. The van der Waals surface area contributed by atoms with Gasteiger partial charge in [0.1, 0.15) is 11.5 Å². The predicted octanol–water partition coefficient (Wildman–Crippen LogP) is 3.42. The zero-order valence-corrected chi connectivity index (χ0v) is 10.7. The minimum atomic E-state index is -0.389. The standard InChI is InChI=1S/C16H15NO2/c1-11(18)9-14-5-7-16(19-14)13-4-6-15-12(10-13)3-2-8-17-15/h2-8,10-11,18H,9H2,1H3. The lowest BCUT2D eigenvalue weighted by Crippen LogP contribution is -2.02. The summed E-state index contributed by atoms with van der Waals surface area (Å²) < 4.78 is 5.75. The van der Waals surface area contributed by atoms with Crippen LogP contribution in [0.5, 0.6) is 0 Å². The van der Waals surface area contributed by atoms with E-state index in [9.17, 15) is 5.11 Å². The molecule has 1 atom stereocenters. The quantitative estimate of drug-likeness (QED) is 0.778. The van der Waals surface area contributed by atoms with E-state index in [4.69, 9.17) is 4.42 Å². The maximum Gasteiger partial charge on any atom is 0.134 e. The molecule has 0 aliphatic heterocycles. The number of furan rings is 1. The second kappa shape index (κ2) is 4.86. The smallest absolute Gasteiger partial charge is 0.134 e. The Labute approximate surface area is 111 Å². The molecule has 3 rings (SSSR count). The van der Waals surface area contributed by atoms with Crippen molar-refractivity contribution in [2.45, 2.75) is 19.4 Å². The summed E-state index contributed by atoms with van der Waals surface area (Å²) in [5.74, 6) is 1.62. The van der Waals surface area contributed by atoms with Gasteiger partial charge >= 0.3 is 0 Å². The largest absolute Gasteiger partial charge is 0.461 e. The van der Waals surface area contributed by atoms with E-state index in [1.54, 1.807) is 13.1 Å². The molecule has 1 aromatic carbocycles. The van der Waals surface area contributed by atoms with Crippen LogP contribution in [0, 0.1) is 0 Å². The molecule has 0 saturated heterocycles. The number of pyridine rings is 1. The zero-order chi connectivity index (χ0) is 13.2. The number of benzene rings is 1. The molecule has 0 fully saturated rings. The summed E-state index contributed by atoms with van der Waals surface area (Å²) in [4.78, 5) is 4.30. The highest BCUT2D eigenvalue weighted by Crippen LogP contribution is 2.25. The molecule has 0 bridgehead atoms. The van der Waals surface area contributed by atoms with Crippen molar-refractivity contribution in [1.29, 1.82) is 0 Å². The van der Waals surface area contributed by atoms with E-state index in [-0.39, 0.29) is 6.10 Å². The molecule has 3 nitrogen and oxygen atoms in total. The van der Waals surface area contributed by atoms with Crippen LogP contribution in [0.15, 0.2) is 53.1 Å². The van der Waals surface area contributed by atoms with Crippen LogP contribution < -0.4 is 0 Å². The topological polar surface area (TPSA) is 46.3 Å². The van der Waals surface area contributed by atoms with Crippen LogP contribution in [-0.4, -0.2) is 16.2 Å². The lowest BCUT2D eigenvalue weighted by atomic mass is 10.1. The van der Waals surface area contributed by atoms with Gasteiger partial charge in [0, 0.05) is 23.6 Å². The molecule has 3 heteroatoms. The fourth-order valence-corrected chi connectivity index (χ4v) is 2.16. The molecule has 0 saturated carbocycles. The first-order chi connectivity index (χ1) is 9.22. The number of aliphatic hydroxyl groups is 1. The Bertz CT molecular complexity index is 701. The van der Waals surface area contributed by atoms with Crippen molar-refractivity contribution >= 4 is 10.9 Å². The van der Waals surface area contributed by atoms with E-state index in [1.165, 1.54) is 0 Å². The minimum Gasteiger partial charge on any atom is -0.461 e. The molecular weight excluding hydrogens is 238 g/mol. The Morgan fingerprint density at radius 3 is 2.95 bits per heavy atom. The van der Waals surface area contributed by atoms with Gasteiger partial charge in [0.15, 0.2) is 0 Å². The van der Waals surface area contributed by atoms with Gasteiger partial charge in [-0.25, -0.2) is 0 Å². The Hall–Kier alpha value is -2.13. The third kappa shape index (κ3) is 2.51. The van der Waals surface area contributed by atoms with Gasteiger partial charge in [-0.05, 0) is 43.3 Å². The zero-order valence-electron chi connectivity index (χ0n) is 10.7. The normalized spacial score (nSPS) is 12.7. The van der Waals surface area contributed by atoms with E-state index in [2.05, 4.69) is 11.1 Å². The average Bonchev–Trinajstić information content (AvgIpc) is 2.86. The van der Waals surface area contributed by atoms with Crippen molar-refractivity contribution < 1.29 is 9.52 Å². The summed E-state index contributed by atoms with van der Waals surface area (Å²) in [5.41, 5.74) is 2.00. The molecule has 0 amide bonds. The SMILES string of the molecule is CC(O)Cc1ccc(-c2ccc3ncccc3c2)o1. The first-order valence-electron chi connectivity index (χ1n) is 6.34. The monoisotopic (exact) mass is 253 g/mol. The van der Waals surface area contributed by atoms with Crippen LogP contribution in [0.4, 0.5) is 0 Å². The molecule has 0 radical (unpaired) electrons. The number of nitrogens with zero attached hydrogens (tertiary/aromatic N) is 1. The number of hydrogen-bond acceptors (Lipinski definition) is 3. The van der Waals surface area contributed by atoms with Gasteiger partial charge in [0.2, 0.25) is 0 Å². The Kier molecular flexibility index (Phi) is 3.05. The number of fused-ring (bicyclic) bond motifs is 1. The molecule has 0 spiro atoms. The summed E-state index contributed by atoms with van der Waals surface area (Å²) >= 11 is 0. The van der Waals surface area contributed by atoms with Crippen molar-refractivity contribution in [3.8, 4) is 11.3 Å². The van der Waals surface area contributed by atoms with E-state index in [1.807, 2.05) is 36.4 Å². The van der Waals surface area contributed by atoms with E-state index >= 15 is 0 Å². The highest BCUT2D eigenvalue weighted by Gasteiger charge is 2.07. The van der Waals surface area contributed by atoms with Crippen LogP contribution in [0.2, 0.25) is 0 Å². The summed E-state index contributed by atoms with van der Waals surface area (Å²) in [6, 6.07) is 13.9. The molecule has 2 aromatic heterocycles. The number of hydrogen-bond donors (Lipinski definition) is 1. The molecule has 1 unspecified atom stereocenters. The molecule has 3 aromatic rings. The second-order valence-electron chi connectivity index (χ2n) is 4.73. The Morgan fingerprint density at radius 2 is 2.11 bits per heavy atom. The van der Waals surface area contributed by atoms with Gasteiger partial charge in [0.05, 0.1) is 11.6 Å². The summed E-state index contributed by atoms with van der Waals surface area (Å²) in [7, 11) is 0. The molecule has 19 heavy (non-hydrogen) atoms. The van der Waals surface area contributed by atoms with E-state index < -0.39 is 0 Å². The lowest BCUT2D eigenvalue weighted by Gasteiger charge is -2.02. The molecule has 1 N–H and O–H groups in total. The van der Waals surface area contributed by atoms with Crippen LogP contribution in [0.25, 0.3) is 22.2 Å². The maximum absolute atomic E-state index is 9.36. The van der Waals surface area contributed by atoms with Crippen molar-refractivity contribution in [3.05, 3.63) is 54.4 Å². The highest BCUT2D eigenvalue weighted by molar-refractivity contribution is 5.83. The third-order valence-corrected chi connectivity index (χ3v) is 3.05. The number of aromatic nitrogens is 1. The third-order valence-electron chi connectivity index (χ3n) is 3.05. The van der Waals surface area contributed by atoms with Gasteiger partial charge in [-0.15, -0.1) is 0 Å². The van der Waals surface area contributed by atoms with Crippen molar-refractivity contribution in [2.75, 3.05) is 0 Å². The van der Waals surface area contributed by atoms with Crippen LogP contribution in [0.3, 0.4) is 0 Å². The fraction of sp³-hybridized carbons (Fsp3) is 0.188. The van der Waals surface area contributed by atoms with Gasteiger partial charge in [-0.3, -0.25) is 4.98 Å². The molecule has 0 aliphatic rings. The van der Waals surface area contributed by atoms with E-state index in [0.717, 1.165) is 28.0 Å². The van der Waals surface area contributed by atoms with Crippen molar-refractivity contribution in [3.63, 3.8) is 0 Å². The molecule has 0 aliphatic carbocycles. The van der Waals surface area contributed by atoms with Crippen molar-refractivity contribution in [1.82, 2.24) is 4.98 Å². The first kappa shape index (κ1) is 11.9. The van der Waals surface area contributed by atoms with E-state index in [0.29, 0.717) is 6.42 Å². The Balaban J connectivity index is 1.97. The summed E-state index contributed by atoms with van der Waals surface area (Å²) in [6.07, 6.45) is 1.94. The first-order valence-corrected chi connectivity index (χ1v) is 6.34. The van der Waals surface area contributed by atoms with Crippen LogP contribution >= 0.6 is 0 Å². The van der Waals surface area contributed by atoms with Gasteiger partial charge in [-0.1, -0.05) is 6.07 Å². The number of rotatable bonds is 3. The van der Waals surface area contributed by atoms with Gasteiger partial charge in [-0.2, -0.15) is 0 Å². The number of aliphatic hydroxyl groups excluding tert-OH is 1. The minimum absolute atomic E-state index is 0.389. The molecular formula is C16H15NO2.